The largest absolute Gasteiger partial charge is 0.454 e. The van der Waals surface area contributed by atoms with Gasteiger partial charge in [-0.05, 0) is 38.5 Å². The van der Waals surface area contributed by atoms with Gasteiger partial charge in [-0.3, -0.25) is 24.3 Å². The lowest BCUT2D eigenvalue weighted by Crippen LogP contribution is -2.25. The molecule has 0 aliphatic carbocycles. The maximum Gasteiger partial charge on any atom is 0.307 e. The fourth-order valence-electron chi connectivity index (χ4n) is 2.70. The van der Waals surface area contributed by atoms with Crippen molar-refractivity contribution in [1.29, 1.82) is 0 Å². The van der Waals surface area contributed by atoms with Crippen molar-refractivity contribution in [2.75, 3.05) is 6.54 Å². The van der Waals surface area contributed by atoms with Crippen LogP contribution in [0.5, 0.6) is 0 Å². The van der Waals surface area contributed by atoms with E-state index in [-0.39, 0.29) is 23.9 Å². The summed E-state index contributed by atoms with van der Waals surface area (Å²) in [6, 6.07) is 5.24. The van der Waals surface area contributed by atoms with Gasteiger partial charge in [-0.2, -0.15) is 10.2 Å². The molecule has 0 aliphatic rings. The van der Waals surface area contributed by atoms with Crippen LogP contribution < -0.4 is 5.32 Å². The predicted octanol–water partition coefficient (Wildman–Crippen LogP) is 2.07. The average Bonchev–Trinajstić information content (AvgIpc) is 3.33. The van der Waals surface area contributed by atoms with Crippen molar-refractivity contribution in [3.63, 3.8) is 0 Å². The van der Waals surface area contributed by atoms with Crippen molar-refractivity contribution < 1.29 is 14.1 Å². The van der Waals surface area contributed by atoms with E-state index in [9.17, 15) is 14.9 Å². The van der Waals surface area contributed by atoms with E-state index in [0.717, 1.165) is 24.4 Å². The van der Waals surface area contributed by atoms with Gasteiger partial charge in [-0.15, -0.1) is 0 Å². The molecular weight excluding hydrogens is 352 g/mol. The van der Waals surface area contributed by atoms with E-state index in [1.54, 1.807) is 12.1 Å². The third-order valence-electron chi connectivity index (χ3n) is 3.97. The van der Waals surface area contributed by atoms with Crippen molar-refractivity contribution >= 4 is 11.6 Å². The molecule has 3 aromatic heterocycles. The fourth-order valence-corrected chi connectivity index (χ4v) is 2.70. The molecule has 0 saturated heterocycles. The average molecular weight is 372 g/mol. The van der Waals surface area contributed by atoms with Gasteiger partial charge in [0.1, 0.15) is 18.2 Å². The highest BCUT2D eigenvalue weighted by Crippen LogP contribution is 2.13. The fraction of sp³-hybridized carbons (Fsp3) is 0.353. The Balaban J connectivity index is 1.47. The SMILES string of the molecule is Cc1cc(C)n(CCCNC(=O)c2ccc(Cn3cc([N+](=O)[O-])cn3)o2)n1. The van der Waals surface area contributed by atoms with Crippen molar-refractivity contribution in [2.45, 2.75) is 33.4 Å². The number of hydrogen-bond acceptors (Lipinski definition) is 6. The molecule has 27 heavy (non-hydrogen) atoms. The number of carbonyl (C=O) groups excluding carboxylic acids is 1. The molecule has 0 atom stereocenters. The third-order valence-corrected chi connectivity index (χ3v) is 3.97. The standard InChI is InChI=1S/C17H20N6O4/c1-12-8-13(2)22(20-12)7-3-6-18-17(24)16-5-4-15(27-16)11-21-10-14(9-19-21)23(25)26/h4-5,8-10H,3,6-7,11H2,1-2H3,(H,18,24). The number of nitrogens with one attached hydrogen (secondary N) is 1. The molecule has 3 aromatic rings. The van der Waals surface area contributed by atoms with Crippen molar-refractivity contribution in [3.05, 3.63) is 63.6 Å². The predicted molar refractivity (Wildman–Crippen MR) is 95.3 cm³/mol. The Hall–Kier alpha value is -3.43. The molecule has 0 aliphatic heterocycles. The molecule has 3 rings (SSSR count). The van der Waals surface area contributed by atoms with Crippen LogP contribution in [0, 0.1) is 24.0 Å². The van der Waals surface area contributed by atoms with E-state index in [2.05, 4.69) is 15.5 Å². The molecule has 0 saturated carbocycles. The highest BCUT2D eigenvalue weighted by molar-refractivity contribution is 5.91. The van der Waals surface area contributed by atoms with Crippen molar-refractivity contribution in [3.8, 4) is 0 Å². The number of aryl methyl sites for hydroxylation is 3. The second kappa shape index (κ2) is 7.85. The van der Waals surface area contributed by atoms with Gasteiger partial charge in [-0.1, -0.05) is 0 Å². The van der Waals surface area contributed by atoms with Gasteiger partial charge in [0.15, 0.2) is 5.76 Å². The van der Waals surface area contributed by atoms with Crippen LogP contribution in [0.1, 0.15) is 34.1 Å². The van der Waals surface area contributed by atoms with Gasteiger partial charge in [0.05, 0.1) is 17.2 Å². The summed E-state index contributed by atoms with van der Waals surface area (Å²) in [7, 11) is 0. The minimum Gasteiger partial charge on any atom is -0.454 e. The Morgan fingerprint density at radius 3 is 2.85 bits per heavy atom. The maximum atomic E-state index is 12.1. The molecule has 1 amide bonds. The number of carbonyl (C=O) groups is 1. The van der Waals surface area contributed by atoms with E-state index >= 15 is 0 Å². The number of amides is 1. The Morgan fingerprint density at radius 2 is 2.19 bits per heavy atom. The van der Waals surface area contributed by atoms with Crippen LogP contribution in [0.2, 0.25) is 0 Å². The van der Waals surface area contributed by atoms with Crippen LogP contribution in [-0.4, -0.2) is 36.9 Å². The first kappa shape index (κ1) is 18.4. The molecule has 10 nitrogen and oxygen atoms in total. The lowest BCUT2D eigenvalue weighted by Gasteiger charge is -2.05. The summed E-state index contributed by atoms with van der Waals surface area (Å²) in [4.78, 5) is 22.3. The Kier molecular flexibility index (Phi) is 5.34. The van der Waals surface area contributed by atoms with Gasteiger partial charge in [-0.25, -0.2) is 0 Å². The zero-order valence-electron chi connectivity index (χ0n) is 15.1. The third kappa shape index (κ3) is 4.60. The first-order valence-electron chi connectivity index (χ1n) is 8.47. The smallest absolute Gasteiger partial charge is 0.307 e. The molecule has 142 valence electrons. The summed E-state index contributed by atoms with van der Waals surface area (Å²) in [5.41, 5.74) is 1.97. The van der Waals surface area contributed by atoms with E-state index in [1.165, 1.54) is 17.1 Å². The van der Waals surface area contributed by atoms with Crippen LogP contribution in [0.15, 0.2) is 35.0 Å². The van der Waals surface area contributed by atoms with Gasteiger partial charge >= 0.3 is 5.69 Å². The van der Waals surface area contributed by atoms with Crippen LogP contribution in [0.4, 0.5) is 5.69 Å². The Labute approximate surface area is 154 Å². The molecule has 1 N–H and O–H groups in total. The van der Waals surface area contributed by atoms with Crippen molar-refractivity contribution in [1.82, 2.24) is 24.9 Å². The van der Waals surface area contributed by atoms with Gasteiger partial charge < -0.3 is 9.73 Å². The summed E-state index contributed by atoms with van der Waals surface area (Å²) >= 11 is 0. The zero-order chi connectivity index (χ0) is 19.4. The molecule has 0 radical (unpaired) electrons. The molecule has 0 unspecified atom stereocenters. The molecular formula is C17H20N6O4. The minimum atomic E-state index is -0.517. The number of nitrogens with zero attached hydrogens (tertiary/aromatic N) is 5. The van der Waals surface area contributed by atoms with Crippen LogP contribution in [-0.2, 0) is 13.1 Å². The number of aromatic nitrogens is 4. The van der Waals surface area contributed by atoms with E-state index in [4.69, 9.17) is 4.42 Å². The molecule has 0 bridgehead atoms. The van der Waals surface area contributed by atoms with E-state index in [1.807, 2.05) is 24.6 Å². The second-order valence-corrected chi connectivity index (χ2v) is 6.18. The maximum absolute atomic E-state index is 12.1. The van der Waals surface area contributed by atoms with Crippen LogP contribution in [0.25, 0.3) is 0 Å². The summed E-state index contributed by atoms with van der Waals surface area (Å²) < 4.78 is 8.79. The molecule has 0 spiro atoms. The summed E-state index contributed by atoms with van der Waals surface area (Å²) in [5.74, 6) is 0.375. The molecule has 0 fully saturated rings. The lowest BCUT2D eigenvalue weighted by atomic mass is 10.3. The van der Waals surface area contributed by atoms with Crippen LogP contribution >= 0.6 is 0 Å². The quantitative estimate of drug-likeness (QED) is 0.367. The Morgan fingerprint density at radius 1 is 1.37 bits per heavy atom. The molecule has 0 aromatic carbocycles. The van der Waals surface area contributed by atoms with Crippen molar-refractivity contribution in [2.24, 2.45) is 0 Å². The number of nitro groups is 1. The Bertz CT molecular complexity index is 954. The molecule has 3 heterocycles. The summed E-state index contributed by atoms with van der Waals surface area (Å²) in [6.07, 6.45) is 3.22. The summed E-state index contributed by atoms with van der Waals surface area (Å²) in [5, 5.41) is 21.7. The zero-order valence-corrected chi connectivity index (χ0v) is 15.1. The first-order valence-corrected chi connectivity index (χ1v) is 8.47. The van der Waals surface area contributed by atoms with E-state index in [0.29, 0.717) is 12.3 Å². The highest BCUT2D eigenvalue weighted by atomic mass is 16.6. The number of furan rings is 1. The van der Waals surface area contributed by atoms with Crippen LogP contribution in [0.3, 0.4) is 0 Å². The first-order chi connectivity index (χ1) is 12.9. The van der Waals surface area contributed by atoms with E-state index < -0.39 is 4.92 Å². The topological polar surface area (TPSA) is 121 Å². The minimum absolute atomic E-state index is 0.0952. The number of rotatable bonds is 8. The normalized spacial score (nSPS) is 10.9. The van der Waals surface area contributed by atoms with Gasteiger partial charge in [0.2, 0.25) is 0 Å². The lowest BCUT2D eigenvalue weighted by molar-refractivity contribution is -0.385. The summed E-state index contributed by atoms with van der Waals surface area (Å²) in [6.45, 7) is 5.37. The van der Waals surface area contributed by atoms with Gasteiger partial charge in [0.25, 0.3) is 5.91 Å². The number of hydrogen-bond donors (Lipinski definition) is 1. The highest BCUT2D eigenvalue weighted by Gasteiger charge is 2.13. The second-order valence-electron chi connectivity index (χ2n) is 6.18. The monoisotopic (exact) mass is 372 g/mol. The van der Waals surface area contributed by atoms with Gasteiger partial charge in [0, 0.05) is 18.8 Å². The molecule has 10 heteroatoms.